The molecular weight excluding hydrogens is 400 g/mol. The SMILES string of the molecule is COc1cc(C(C)(C)C)c(OC(=O)C(C)(C)[C@H](O)/C=C/c2ccccc2)c(C(C)(C)C)c1. The van der Waals surface area contributed by atoms with E-state index in [0.29, 0.717) is 5.75 Å². The molecule has 32 heavy (non-hydrogen) atoms. The Morgan fingerprint density at radius 2 is 1.41 bits per heavy atom. The van der Waals surface area contributed by atoms with Crippen molar-refractivity contribution in [3.63, 3.8) is 0 Å². The topological polar surface area (TPSA) is 55.8 Å². The fourth-order valence-electron chi connectivity index (χ4n) is 3.30. The van der Waals surface area contributed by atoms with Crippen molar-refractivity contribution in [1.29, 1.82) is 0 Å². The van der Waals surface area contributed by atoms with Crippen LogP contribution in [0.3, 0.4) is 0 Å². The van der Waals surface area contributed by atoms with E-state index in [-0.39, 0.29) is 10.8 Å². The highest BCUT2D eigenvalue weighted by Gasteiger charge is 2.38. The average molecular weight is 439 g/mol. The van der Waals surface area contributed by atoms with Gasteiger partial charge in [-0.05, 0) is 42.4 Å². The van der Waals surface area contributed by atoms with Crippen LogP contribution >= 0.6 is 0 Å². The van der Waals surface area contributed by atoms with Crippen LogP contribution in [0.15, 0.2) is 48.5 Å². The lowest BCUT2D eigenvalue weighted by atomic mass is 9.79. The molecule has 0 saturated carbocycles. The monoisotopic (exact) mass is 438 g/mol. The van der Waals surface area contributed by atoms with Gasteiger partial charge >= 0.3 is 5.97 Å². The maximum atomic E-state index is 13.4. The smallest absolute Gasteiger partial charge is 0.319 e. The summed E-state index contributed by atoms with van der Waals surface area (Å²) in [6, 6.07) is 13.5. The van der Waals surface area contributed by atoms with Crippen LogP contribution in [0, 0.1) is 5.41 Å². The highest BCUT2D eigenvalue weighted by atomic mass is 16.5. The van der Waals surface area contributed by atoms with Crippen LogP contribution in [-0.2, 0) is 15.6 Å². The number of hydrogen-bond acceptors (Lipinski definition) is 4. The third kappa shape index (κ3) is 6.01. The first-order valence-electron chi connectivity index (χ1n) is 11.0. The molecule has 0 aliphatic rings. The van der Waals surface area contributed by atoms with Gasteiger partial charge in [0, 0.05) is 11.1 Å². The fraction of sp³-hybridized carbons (Fsp3) is 0.464. The van der Waals surface area contributed by atoms with E-state index in [0.717, 1.165) is 22.4 Å². The van der Waals surface area contributed by atoms with E-state index in [2.05, 4.69) is 41.5 Å². The molecule has 0 unspecified atom stereocenters. The van der Waals surface area contributed by atoms with Crippen LogP contribution in [0.25, 0.3) is 6.08 Å². The molecule has 4 nitrogen and oxygen atoms in total. The number of rotatable bonds is 6. The number of carbonyl (C=O) groups excluding carboxylic acids is 1. The summed E-state index contributed by atoms with van der Waals surface area (Å²) in [5.74, 6) is 0.789. The summed E-state index contributed by atoms with van der Waals surface area (Å²) in [7, 11) is 1.64. The molecule has 0 aliphatic heterocycles. The van der Waals surface area contributed by atoms with Gasteiger partial charge in [-0.2, -0.15) is 0 Å². The lowest BCUT2D eigenvalue weighted by Crippen LogP contribution is -2.39. The number of methoxy groups -OCH3 is 1. The quantitative estimate of drug-likeness (QED) is 0.425. The van der Waals surface area contributed by atoms with Crippen molar-refractivity contribution in [2.24, 2.45) is 5.41 Å². The van der Waals surface area contributed by atoms with E-state index < -0.39 is 17.5 Å². The molecular formula is C28H38O4. The second kappa shape index (κ2) is 9.50. The van der Waals surface area contributed by atoms with Gasteiger partial charge in [0.25, 0.3) is 0 Å². The first-order chi connectivity index (χ1) is 14.7. The van der Waals surface area contributed by atoms with E-state index >= 15 is 0 Å². The van der Waals surface area contributed by atoms with E-state index in [4.69, 9.17) is 9.47 Å². The fourth-order valence-corrected chi connectivity index (χ4v) is 3.30. The number of esters is 1. The number of benzene rings is 2. The Morgan fingerprint density at radius 1 is 0.906 bits per heavy atom. The number of carbonyl (C=O) groups is 1. The van der Waals surface area contributed by atoms with Crippen LogP contribution in [-0.4, -0.2) is 24.3 Å². The van der Waals surface area contributed by atoms with Gasteiger partial charge in [-0.1, -0.05) is 84.0 Å². The molecule has 0 heterocycles. The zero-order valence-electron chi connectivity index (χ0n) is 20.9. The van der Waals surface area contributed by atoms with Crippen molar-refractivity contribution in [1.82, 2.24) is 0 Å². The molecule has 2 rings (SSSR count). The van der Waals surface area contributed by atoms with Crippen LogP contribution in [0.1, 0.15) is 72.1 Å². The van der Waals surface area contributed by atoms with Gasteiger partial charge < -0.3 is 14.6 Å². The largest absolute Gasteiger partial charge is 0.497 e. The Hall–Kier alpha value is -2.59. The normalized spacial score (nSPS) is 13.8. The van der Waals surface area contributed by atoms with E-state index in [9.17, 15) is 9.90 Å². The second-order valence-electron chi connectivity index (χ2n) is 10.9. The number of hydrogen-bond donors (Lipinski definition) is 1. The van der Waals surface area contributed by atoms with Crippen molar-refractivity contribution in [3.8, 4) is 11.5 Å². The molecule has 0 amide bonds. The molecule has 0 spiro atoms. The van der Waals surface area contributed by atoms with Crippen LogP contribution in [0.5, 0.6) is 11.5 Å². The van der Waals surface area contributed by atoms with Gasteiger partial charge in [-0.15, -0.1) is 0 Å². The molecule has 0 bridgehead atoms. The lowest BCUT2D eigenvalue weighted by molar-refractivity contribution is -0.148. The van der Waals surface area contributed by atoms with Crippen LogP contribution in [0.4, 0.5) is 0 Å². The molecule has 0 aliphatic carbocycles. The highest BCUT2D eigenvalue weighted by molar-refractivity contribution is 5.80. The van der Waals surface area contributed by atoms with Crippen molar-refractivity contribution in [2.75, 3.05) is 7.11 Å². The molecule has 0 aromatic heterocycles. The highest BCUT2D eigenvalue weighted by Crippen LogP contribution is 2.43. The molecule has 2 aromatic rings. The minimum Gasteiger partial charge on any atom is -0.497 e. The third-order valence-electron chi connectivity index (χ3n) is 5.64. The predicted octanol–water partition coefficient (Wildman–Crippen LogP) is 6.30. The minimum atomic E-state index is -1.14. The lowest BCUT2D eigenvalue weighted by Gasteiger charge is -2.32. The first-order valence-corrected chi connectivity index (χ1v) is 11.0. The first kappa shape index (κ1) is 25.7. The predicted molar refractivity (Wildman–Crippen MR) is 131 cm³/mol. The summed E-state index contributed by atoms with van der Waals surface area (Å²) in [6.07, 6.45) is 2.44. The molecule has 0 fully saturated rings. The van der Waals surface area contributed by atoms with Crippen molar-refractivity contribution in [2.45, 2.75) is 72.3 Å². The zero-order valence-corrected chi connectivity index (χ0v) is 20.9. The summed E-state index contributed by atoms with van der Waals surface area (Å²) < 4.78 is 11.6. The summed E-state index contributed by atoms with van der Waals surface area (Å²) in [6.45, 7) is 15.9. The Bertz CT molecular complexity index is 922. The van der Waals surface area contributed by atoms with Gasteiger partial charge in [-0.3, -0.25) is 4.79 Å². The maximum Gasteiger partial charge on any atom is 0.319 e. The summed E-state index contributed by atoms with van der Waals surface area (Å²) in [5.41, 5.74) is 1.03. The van der Waals surface area contributed by atoms with Crippen molar-refractivity contribution in [3.05, 3.63) is 65.2 Å². The summed E-state index contributed by atoms with van der Waals surface area (Å²) in [5, 5.41) is 10.8. The Morgan fingerprint density at radius 3 is 1.84 bits per heavy atom. The Balaban J connectivity index is 2.45. The van der Waals surface area contributed by atoms with E-state index in [1.807, 2.05) is 48.5 Å². The standard InChI is InChI=1S/C28H38O4/c1-26(2,3)21-17-20(31-9)18-22(27(4,5)6)24(21)32-25(30)28(7,8)23(29)16-15-19-13-11-10-12-14-19/h10-18,23,29H,1-9H3/b16-15+/t23-/m1/s1. The van der Waals surface area contributed by atoms with Crippen molar-refractivity contribution >= 4 is 12.0 Å². The Labute approximate surface area is 193 Å². The van der Waals surface area contributed by atoms with Gasteiger partial charge in [-0.25, -0.2) is 0 Å². The number of aliphatic hydroxyl groups excluding tert-OH is 1. The molecule has 1 N–H and O–H groups in total. The minimum absolute atomic E-state index is 0.278. The van der Waals surface area contributed by atoms with Gasteiger partial charge in [0.15, 0.2) is 0 Å². The number of ether oxygens (including phenoxy) is 2. The average Bonchev–Trinajstić information content (AvgIpc) is 2.70. The van der Waals surface area contributed by atoms with E-state index in [1.165, 1.54) is 0 Å². The molecule has 174 valence electrons. The van der Waals surface area contributed by atoms with Gasteiger partial charge in [0.1, 0.15) is 11.5 Å². The maximum absolute atomic E-state index is 13.4. The molecule has 1 atom stereocenters. The molecule has 0 radical (unpaired) electrons. The molecule has 2 aromatic carbocycles. The third-order valence-corrected chi connectivity index (χ3v) is 5.64. The van der Waals surface area contributed by atoms with Crippen LogP contribution in [0.2, 0.25) is 0 Å². The van der Waals surface area contributed by atoms with Crippen molar-refractivity contribution < 1.29 is 19.4 Å². The number of aliphatic hydroxyl groups is 1. The molecule has 4 heteroatoms. The summed E-state index contributed by atoms with van der Waals surface area (Å²) >= 11 is 0. The van der Waals surface area contributed by atoms with Crippen LogP contribution < -0.4 is 9.47 Å². The van der Waals surface area contributed by atoms with Gasteiger partial charge in [0.05, 0.1) is 18.6 Å². The van der Waals surface area contributed by atoms with Gasteiger partial charge in [0.2, 0.25) is 0 Å². The molecule has 0 saturated heterocycles. The zero-order chi connectivity index (χ0) is 24.3. The Kier molecular flexibility index (Phi) is 7.62. The van der Waals surface area contributed by atoms with E-state index in [1.54, 1.807) is 27.0 Å². The summed E-state index contributed by atoms with van der Waals surface area (Å²) in [4.78, 5) is 13.4. The second-order valence-corrected chi connectivity index (χ2v) is 10.9.